The van der Waals surface area contributed by atoms with Crippen LogP contribution in [0.4, 0.5) is 16.2 Å². The molecule has 1 aliphatic rings. The van der Waals surface area contributed by atoms with Crippen LogP contribution >= 0.6 is 0 Å². The van der Waals surface area contributed by atoms with Gasteiger partial charge in [-0.2, -0.15) is 4.31 Å². The molecule has 0 radical (unpaired) electrons. The first-order valence-corrected chi connectivity index (χ1v) is 10.6. The van der Waals surface area contributed by atoms with Crippen molar-refractivity contribution >= 4 is 33.3 Å². The number of piperidine rings is 1. The number of carbonyl (C=O) groups excluding carboxylic acids is 2. The molecule has 1 saturated heterocycles. The van der Waals surface area contributed by atoms with Crippen molar-refractivity contribution in [2.45, 2.75) is 30.7 Å². The van der Waals surface area contributed by atoms with Gasteiger partial charge in [0.15, 0.2) is 0 Å². The average molecular weight is 417 g/mol. The van der Waals surface area contributed by atoms with Crippen molar-refractivity contribution in [3.8, 4) is 0 Å². The van der Waals surface area contributed by atoms with Crippen LogP contribution in [0.25, 0.3) is 0 Å². The van der Waals surface area contributed by atoms with Crippen LogP contribution in [0.2, 0.25) is 0 Å². The number of rotatable bonds is 5. The fourth-order valence-corrected chi connectivity index (χ4v) is 4.56. The molecule has 0 atom stereocenters. The molecule has 2 aromatic rings. The quantitative estimate of drug-likeness (QED) is 0.687. The summed E-state index contributed by atoms with van der Waals surface area (Å²) in [6.07, 6.45) is 4.20. The highest BCUT2D eigenvalue weighted by Crippen LogP contribution is 2.22. The largest absolute Gasteiger partial charge is 0.335 e. The number of carbonyl (C=O) groups is 2. The zero-order valence-electron chi connectivity index (χ0n) is 16.0. The van der Waals surface area contributed by atoms with Gasteiger partial charge in [0.2, 0.25) is 15.9 Å². The molecule has 0 aliphatic carbocycles. The van der Waals surface area contributed by atoms with Crippen molar-refractivity contribution in [3.05, 3.63) is 48.8 Å². The lowest BCUT2D eigenvalue weighted by molar-refractivity contribution is -0.114. The standard InChI is InChI=1S/C19H23N5O4S/c1-14(25)21-15-4-6-18(7-5-15)29(27,28)24-11-8-16(9-12-24)22-19(26)23-17-3-2-10-20-13-17/h2-7,10,13,16H,8-9,11-12H2,1H3,(H,21,25)(H2,22,23,26). The van der Waals surface area contributed by atoms with Crippen LogP contribution in [0.1, 0.15) is 19.8 Å². The van der Waals surface area contributed by atoms with Crippen molar-refractivity contribution in [2.24, 2.45) is 0 Å². The van der Waals surface area contributed by atoms with Crippen molar-refractivity contribution in [2.75, 3.05) is 23.7 Å². The molecule has 3 amide bonds. The van der Waals surface area contributed by atoms with Crippen LogP contribution in [-0.4, -0.2) is 48.8 Å². The van der Waals surface area contributed by atoms with Crippen LogP contribution in [0.15, 0.2) is 53.7 Å². The number of aromatic nitrogens is 1. The van der Waals surface area contributed by atoms with Gasteiger partial charge >= 0.3 is 6.03 Å². The number of urea groups is 1. The third-order valence-electron chi connectivity index (χ3n) is 4.52. The number of pyridine rings is 1. The van der Waals surface area contributed by atoms with Crippen molar-refractivity contribution < 1.29 is 18.0 Å². The van der Waals surface area contributed by atoms with Crippen LogP contribution in [0.5, 0.6) is 0 Å². The Labute approximate surface area is 169 Å². The molecule has 0 saturated carbocycles. The first-order chi connectivity index (χ1) is 13.8. The molecule has 1 aromatic carbocycles. The van der Waals surface area contributed by atoms with Gasteiger partial charge < -0.3 is 16.0 Å². The van der Waals surface area contributed by atoms with E-state index in [2.05, 4.69) is 20.9 Å². The van der Waals surface area contributed by atoms with E-state index in [-0.39, 0.29) is 22.9 Å². The maximum absolute atomic E-state index is 12.8. The lowest BCUT2D eigenvalue weighted by Gasteiger charge is -2.31. The zero-order chi connectivity index (χ0) is 20.9. The van der Waals surface area contributed by atoms with Gasteiger partial charge in [0.05, 0.1) is 16.8 Å². The summed E-state index contributed by atoms with van der Waals surface area (Å²) in [6, 6.07) is 9.09. The second kappa shape index (κ2) is 9.01. The van der Waals surface area contributed by atoms with Crippen molar-refractivity contribution in [1.82, 2.24) is 14.6 Å². The lowest BCUT2D eigenvalue weighted by Crippen LogP contribution is -2.47. The van der Waals surface area contributed by atoms with Gasteiger partial charge in [-0.3, -0.25) is 9.78 Å². The molecule has 2 heterocycles. The normalized spacial score (nSPS) is 15.5. The third kappa shape index (κ3) is 5.52. The summed E-state index contributed by atoms with van der Waals surface area (Å²) in [5.74, 6) is -0.220. The van der Waals surface area contributed by atoms with Gasteiger partial charge in [0, 0.05) is 37.9 Å². The Morgan fingerprint density at radius 1 is 1.03 bits per heavy atom. The topological polar surface area (TPSA) is 121 Å². The molecule has 1 aromatic heterocycles. The lowest BCUT2D eigenvalue weighted by atomic mass is 10.1. The Bertz CT molecular complexity index is 956. The zero-order valence-corrected chi connectivity index (χ0v) is 16.8. The number of nitrogens with one attached hydrogen (secondary N) is 3. The number of anilines is 2. The van der Waals surface area contributed by atoms with Crippen molar-refractivity contribution in [1.29, 1.82) is 0 Å². The highest BCUT2D eigenvalue weighted by atomic mass is 32.2. The maximum Gasteiger partial charge on any atom is 0.319 e. The van der Waals surface area contributed by atoms with Gasteiger partial charge in [0.25, 0.3) is 0 Å². The first kappa shape index (κ1) is 20.7. The minimum absolute atomic E-state index is 0.111. The van der Waals surface area contributed by atoms with E-state index in [0.717, 1.165) is 0 Å². The van der Waals surface area contributed by atoms with E-state index in [1.807, 2.05) is 0 Å². The molecule has 3 N–H and O–H groups in total. The molecule has 1 aliphatic heterocycles. The maximum atomic E-state index is 12.8. The number of benzene rings is 1. The Balaban J connectivity index is 1.54. The highest BCUT2D eigenvalue weighted by Gasteiger charge is 2.30. The van der Waals surface area contributed by atoms with Crippen LogP contribution in [-0.2, 0) is 14.8 Å². The Kier molecular flexibility index (Phi) is 6.45. The van der Waals surface area contributed by atoms with E-state index in [9.17, 15) is 18.0 Å². The minimum Gasteiger partial charge on any atom is -0.335 e. The number of sulfonamides is 1. The second-order valence-electron chi connectivity index (χ2n) is 6.72. The minimum atomic E-state index is -3.62. The Morgan fingerprint density at radius 3 is 2.31 bits per heavy atom. The van der Waals surface area contributed by atoms with E-state index in [1.165, 1.54) is 23.4 Å². The van der Waals surface area contributed by atoms with E-state index in [0.29, 0.717) is 37.3 Å². The summed E-state index contributed by atoms with van der Waals surface area (Å²) in [7, 11) is -3.62. The molecule has 154 valence electrons. The molecule has 1 fully saturated rings. The first-order valence-electron chi connectivity index (χ1n) is 9.20. The molecule has 0 unspecified atom stereocenters. The molecular weight excluding hydrogens is 394 g/mol. The van der Waals surface area contributed by atoms with Crippen molar-refractivity contribution in [3.63, 3.8) is 0 Å². The smallest absolute Gasteiger partial charge is 0.319 e. The van der Waals surface area contributed by atoms with Gasteiger partial charge in [-0.1, -0.05) is 0 Å². The van der Waals surface area contributed by atoms with E-state index in [1.54, 1.807) is 36.7 Å². The number of amides is 3. The molecular formula is C19H23N5O4S. The summed E-state index contributed by atoms with van der Waals surface area (Å²) >= 11 is 0. The predicted octanol–water partition coefficient (Wildman–Crippen LogP) is 2.01. The SMILES string of the molecule is CC(=O)Nc1ccc(S(=O)(=O)N2CCC(NC(=O)Nc3cccnc3)CC2)cc1. The van der Waals surface area contributed by atoms with Gasteiger partial charge in [-0.15, -0.1) is 0 Å². The summed E-state index contributed by atoms with van der Waals surface area (Å²) in [6.45, 7) is 2.01. The summed E-state index contributed by atoms with van der Waals surface area (Å²) < 4.78 is 27.1. The third-order valence-corrected chi connectivity index (χ3v) is 6.43. The fourth-order valence-electron chi connectivity index (χ4n) is 3.09. The summed E-state index contributed by atoms with van der Waals surface area (Å²) in [5.41, 5.74) is 1.13. The second-order valence-corrected chi connectivity index (χ2v) is 8.66. The number of hydrogen-bond acceptors (Lipinski definition) is 5. The molecule has 3 rings (SSSR count). The summed E-state index contributed by atoms with van der Waals surface area (Å²) in [5, 5.41) is 8.17. The predicted molar refractivity (Wildman–Crippen MR) is 109 cm³/mol. The molecule has 10 heteroatoms. The molecule has 9 nitrogen and oxygen atoms in total. The molecule has 29 heavy (non-hydrogen) atoms. The van der Waals surface area contributed by atoms with E-state index >= 15 is 0 Å². The number of hydrogen-bond donors (Lipinski definition) is 3. The van der Waals surface area contributed by atoms with Gasteiger partial charge in [-0.25, -0.2) is 13.2 Å². The van der Waals surface area contributed by atoms with Crippen LogP contribution in [0.3, 0.4) is 0 Å². The Hall–Kier alpha value is -2.98. The number of nitrogens with zero attached hydrogens (tertiary/aromatic N) is 2. The van der Waals surface area contributed by atoms with E-state index < -0.39 is 10.0 Å². The monoisotopic (exact) mass is 417 g/mol. The average Bonchev–Trinajstić information content (AvgIpc) is 2.69. The van der Waals surface area contributed by atoms with Gasteiger partial charge in [-0.05, 0) is 49.2 Å². The fraction of sp³-hybridized carbons (Fsp3) is 0.316. The summed E-state index contributed by atoms with van der Waals surface area (Å²) in [4.78, 5) is 27.3. The molecule has 0 spiro atoms. The van der Waals surface area contributed by atoms with Gasteiger partial charge in [0.1, 0.15) is 0 Å². The van der Waals surface area contributed by atoms with E-state index in [4.69, 9.17) is 0 Å². The highest BCUT2D eigenvalue weighted by molar-refractivity contribution is 7.89. The van der Waals surface area contributed by atoms with Crippen LogP contribution < -0.4 is 16.0 Å². The van der Waals surface area contributed by atoms with Crippen LogP contribution in [0, 0.1) is 0 Å². The Morgan fingerprint density at radius 2 is 1.72 bits per heavy atom. The molecule has 0 bridgehead atoms.